The number of hydrogen-bond donors (Lipinski definition) is 0. The third-order valence-corrected chi connectivity index (χ3v) is 56.8. The van der Waals surface area contributed by atoms with Crippen molar-refractivity contribution in [3.8, 4) is 22.3 Å². The van der Waals surface area contributed by atoms with Crippen LogP contribution in [0.5, 0.6) is 0 Å². The first-order valence-corrected chi connectivity index (χ1v) is 28.7. The van der Waals surface area contributed by atoms with Gasteiger partial charge in [-0.05, 0) is 0 Å². The normalized spacial score (nSPS) is 14.9. The first kappa shape index (κ1) is 23.2. The van der Waals surface area contributed by atoms with Crippen molar-refractivity contribution >= 4 is 40.4 Å². The quantitative estimate of drug-likeness (QED) is 0.187. The predicted octanol–water partition coefficient (Wildman–Crippen LogP) is 7.25. The van der Waals surface area contributed by atoms with Gasteiger partial charge in [0.15, 0.2) is 0 Å². The Kier molecular flexibility index (Phi) is 5.04. The molecule has 0 atom stereocenters. The third-order valence-electron chi connectivity index (χ3n) is 8.84. The van der Waals surface area contributed by atoms with Gasteiger partial charge in [-0.1, -0.05) is 0 Å². The first-order valence-electron chi connectivity index (χ1n) is 12.8. The molecule has 7 rings (SSSR count). The number of halogens is 2. The Morgan fingerprint density at radius 1 is 0.694 bits per heavy atom. The summed E-state index contributed by atoms with van der Waals surface area (Å²) < 4.78 is 4.90. The number of fused-ring (bicyclic) bond motifs is 8. The molecular weight excluding hydrogens is 577 g/mol. The molecule has 5 heteroatoms. The molecule has 1 heterocycles. The van der Waals surface area contributed by atoms with Gasteiger partial charge in [0, 0.05) is 0 Å². The van der Waals surface area contributed by atoms with Crippen molar-refractivity contribution in [2.45, 2.75) is 25.9 Å². The fourth-order valence-electron chi connectivity index (χ4n) is 6.87. The SMILES string of the molecule is Cn1c2c(c3[c]([Zr]([Cl])([Cl])([c]4cccc5c4Cc4ccccc4-5)[SiH](C)C)cccc31)-c1ccccc1C2. The van der Waals surface area contributed by atoms with Crippen LogP contribution in [0.1, 0.15) is 22.4 Å². The zero-order valence-electron chi connectivity index (χ0n) is 20.8. The van der Waals surface area contributed by atoms with Crippen molar-refractivity contribution < 1.29 is 15.6 Å². The van der Waals surface area contributed by atoms with Crippen molar-refractivity contribution in [1.82, 2.24) is 4.57 Å². The molecule has 0 saturated heterocycles. The molecule has 4 aromatic carbocycles. The molecule has 0 aliphatic heterocycles. The molecule has 1 nitrogen and oxygen atoms in total. The summed E-state index contributed by atoms with van der Waals surface area (Å²) in [6.07, 6.45) is 1.87. The van der Waals surface area contributed by atoms with E-state index in [1.165, 1.54) is 62.1 Å². The second kappa shape index (κ2) is 7.81. The molecule has 0 spiro atoms. The average molecular weight is 605 g/mol. The molecule has 0 radical (unpaired) electrons. The van der Waals surface area contributed by atoms with Crippen molar-refractivity contribution in [1.29, 1.82) is 0 Å². The monoisotopic (exact) mass is 602 g/mol. The number of hydrogen-bond acceptors (Lipinski definition) is 0. The topological polar surface area (TPSA) is 4.93 Å². The molecule has 179 valence electrons. The minimum absolute atomic E-state index is 0.914. The number of nitrogens with zero attached hydrogens (tertiary/aromatic N) is 1. The van der Waals surface area contributed by atoms with Crippen LogP contribution in [0.15, 0.2) is 84.9 Å². The maximum absolute atomic E-state index is 8.25. The molecule has 0 unspecified atom stereocenters. The van der Waals surface area contributed by atoms with Gasteiger partial charge in [-0.15, -0.1) is 0 Å². The molecular formula is C31H28Cl2NSiZr. The van der Waals surface area contributed by atoms with Crippen LogP contribution in [0.2, 0.25) is 13.1 Å². The Morgan fingerprint density at radius 3 is 2.06 bits per heavy atom. The fraction of sp³-hybridized carbons (Fsp3) is 0.161. The van der Waals surface area contributed by atoms with Crippen LogP contribution < -0.4 is 6.54 Å². The van der Waals surface area contributed by atoms with Crippen molar-refractivity contribution in [3.63, 3.8) is 0 Å². The van der Waals surface area contributed by atoms with Gasteiger partial charge in [-0.25, -0.2) is 0 Å². The number of benzene rings is 4. The molecule has 0 saturated carbocycles. The van der Waals surface area contributed by atoms with Gasteiger partial charge in [0.25, 0.3) is 0 Å². The van der Waals surface area contributed by atoms with E-state index in [1.54, 1.807) is 0 Å². The van der Waals surface area contributed by atoms with Gasteiger partial charge in [0.2, 0.25) is 0 Å². The summed E-state index contributed by atoms with van der Waals surface area (Å²) in [4.78, 5) is 0. The molecule has 0 amide bonds. The fourth-order valence-corrected chi connectivity index (χ4v) is 30.6. The summed E-state index contributed by atoms with van der Waals surface area (Å²) in [7, 11) is 18.7. The Bertz CT molecular complexity index is 1730. The van der Waals surface area contributed by atoms with Crippen LogP contribution in [0.25, 0.3) is 33.2 Å². The maximum atomic E-state index is 8.25. The summed E-state index contributed by atoms with van der Waals surface area (Å²) in [5.74, 6) is -1.58. The zero-order valence-corrected chi connectivity index (χ0v) is 25.9. The van der Waals surface area contributed by atoms with Crippen LogP contribution in [0.3, 0.4) is 0 Å². The molecule has 5 aromatic rings. The Labute approximate surface area is 221 Å². The van der Waals surface area contributed by atoms with Crippen LogP contribution in [0, 0.1) is 0 Å². The number of aryl methyl sites for hydroxylation is 1. The predicted molar refractivity (Wildman–Crippen MR) is 156 cm³/mol. The Hall–Kier alpha value is -1.90. The second-order valence-corrected chi connectivity index (χ2v) is 51.2. The van der Waals surface area contributed by atoms with Crippen molar-refractivity contribution in [3.05, 3.63) is 107 Å². The molecule has 1 aromatic heterocycles. The standard InChI is InChI=1S/C16H12N.C13H9.C2H7Si.2ClH.Zr/c1-17-14-9-5-4-8-13(14)16-12-7-3-2-6-11(12)10-15(16)17;1-3-7-12-10(5-1)9-11-6-2-4-8-13(11)12;1-3-2;;;/h2-7,9H,10H2,1H3;1-5,7-8H,9H2;3H,1-2H3;2*1H;/q;;;;;+2/p-2. The van der Waals surface area contributed by atoms with Crippen molar-refractivity contribution in [2.24, 2.45) is 7.05 Å². The summed E-state index contributed by atoms with van der Waals surface area (Å²) in [5, 5.41) is 1.30. The zero-order chi connectivity index (χ0) is 24.8. The van der Waals surface area contributed by atoms with E-state index >= 15 is 0 Å². The molecule has 0 fully saturated rings. The summed E-state index contributed by atoms with van der Waals surface area (Å²) in [5.41, 5.74) is 12.1. The summed E-state index contributed by atoms with van der Waals surface area (Å²) in [6.45, 7) is 4.76. The summed E-state index contributed by atoms with van der Waals surface area (Å²) >= 11 is -4.75. The third kappa shape index (κ3) is 2.86. The molecule has 36 heavy (non-hydrogen) atoms. The van der Waals surface area contributed by atoms with Crippen LogP contribution in [0.4, 0.5) is 0 Å². The van der Waals surface area contributed by atoms with E-state index in [4.69, 9.17) is 17.0 Å². The second-order valence-electron chi connectivity index (χ2n) is 10.8. The van der Waals surface area contributed by atoms with E-state index < -0.39 is 21.5 Å². The van der Waals surface area contributed by atoms with E-state index in [0.717, 1.165) is 12.8 Å². The van der Waals surface area contributed by atoms with Crippen LogP contribution in [-0.2, 0) is 35.4 Å². The van der Waals surface area contributed by atoms with E-state index in [1.807, 2.05) is 0 Å². The van der Waals surface area contributed by atoms with Gasteiger partial charge < -0.3 is 0 Å². The number of aromatic nitrogens is 1. The van der Waals surface area contributed by atoms with E-state index in [9.17, 15) is 0 Å². The van der Waals surface area contributed by atoms with Gasteiger partial charge in [-0.3, -0.25) is 0 Å². The summed E-state index contributed by atoms with van der Waals surface area (Å²) in [6, 6.07) is 31.0. The van der Waals surface area contributed by atoms with Gasteiger partial charge in [-0.2, -0.15) is 0 Å². The first-order chi connectivity index (χ1) is 17.3. The molecule has 0 bridgehead atoms. The van der Waals surface area contributed by atoms with Crippen LogP contribution >= 0.6 is 17.0 Å². The van der Waals surface area contributed by atoms with Crippen LogP contribution in [-0.4, -0.2) is 10.5 Å². The van der Waals surface area contributed by atoms with Gasteiger partial charge in [0.05, 0.1) is 0 Å². The molecule has 0 N–H and O–H groups in total. The molecule has 2 aliphatic rings. The minimum atomic E-state index is -4.75. The van der Waals surface area contributed by atoms with E-state index in [-0.39, 0.29) is 0 Å². The Balaban J connectivity index is 1.58. The average Bonchev–Trinajstić information content (AvgIpc) is 3.54. The molecule has 2 aliphatic carbocycles. The van der Waals surface area contributed by atoms with Gasteiger partial charge in [0.1, 0.15) is 0 Å². The van der Waals surface area contributed by atoms with Crippen molar-refractivity contribution in [2.75, 3.05) is 0 Å². The number of rotatable bonds is 3. The van der Waals surface area contributed by atoms with Gasteiger partial charge >= 0.3 is 223 Å². The Morgan fingerprint density at radius 2 is 1.31 bits per heavy atom. The van der Waals surface area contributed by atoms with E-state index in [0.29, 0.717) is 0 Å². The van der Waals surface area contributed by atoms with E-state index in [2.05, 4.69) is 110 Å².